The topological polar surface area (TPSA) is 33.4 Å². The zero-order valence-electron chi connectivity index (χ0n) is 8.25. The van der Waals surface area contributed by atoms with Crippen LogP contribution in [0.2, 0.25) is 0 Å². The molecule has 1 heterocycles. The SMILES string of the molecule is OC(c1ccc(Br)o1)c1ccc(F)c(F)c1F. The number of rotatable bonds is 2. The van der Waals surface area contributed by atoms with Gasteiger partial charge in [0.15, 0.2) is 22.1 Å². The predicted octanol–water partition coefficient (Wildman–Crippen LogP) is 3.54. The maximum atomic E-state index is 13.4. The van der Waals surface area contributed by atoms with Crippen molar-refractivity contribution in [3.8, 4) is 0 Å². The molecular weight excluding hydrogens is 301 g/mol. The van der Waals surface area contributed by atoms with Crippen molar-refractivity contribution in [3.63, 3.8) is 0 Å². The standard InChI is InChI=1S/C11H6BrF3O2/c12-8-4-3-7(17-8)11(16)5-1-2-6(13)10(15)9(5)14/h1-4,11,16H. The van der Waals surface area contributed by atoms with E-state index in [1.165, 1.54) is 12.1 Å². The van der Waals surface area contributed by atoms with Crippen LogP contribution in [0.1, 0.15) is 17.4 Å². The lowest BCUT2D eigenvalue weighted by Gasteiger charge is -2.09. The van der Waals surface area contributed by atoms with E-state index >= 15 is 0 Å². The Kier molecular flexibility index (Phi) is 3.26. The molecule has 0 aliphatic rings. The van der Waals surface area contributed by atoms with E-state index in [0.717, 1.165) is 12.1 Å². The third kappa shape index (κ3) is 2.23. The van der Waals surface area contributed by atoms with Crippen LogP contribution in [0.3, 0.4) is 0 Å². The summed E-state index contributed by atoms with van der Waals surface area (Å²) in [6.07, 6.45) is -1.49. The first-order valence-corrected chi connectivity index (χ1v) is 5.36. The molecule has 2 aromatic rings. The summed E-state index contributed by atoms with van der Waals surface area (Å²) in [6.45, 7) is 0. The van der Waals surface area contributed by atoms with Crippen molar-refractivity contribution >= 4 is 15.9 Å². The Labute approximate surface area is 103 Å². The van der Waals surface area contributed by atoms with Crippen molar-refractivity contribution in [2.75, 3.05) is 0 Å². The van der Waals surface area contributed by atoms with E-state index < -0.39 is 23.6 Å². The molecule has 0 saturated heterocycles. The Bertz CT molecular complexity index is 554. The van der Waals surface area contributed by atoms with E-state index in [1.807, 2.05) is 0 Å². The lowest BCUT2D eigenvalue weighted by molar-refractivity contribution is 0.181. The number of aliphatic hydroxyl groups is 1. The molecule has 0 fully saturated rings. The second-order valence-electron chi connectivity index (χ2n) is 3.31. The Balaban J connectivity index is 2.44. The summed E-state index contributed by atoms with van der Waals surface area (Å²) in [5.74, 6) is -4.32. The summed E-state index contributed by atoms with van der Waals surface area (Å²) < 4.78 is 44.4. The highest BCUT2D eigenvalue weighted by Crippen LogP contribution is 2.29. The molecule has 0 spiro atoms. The highest BCUT2D eigenvalue weighted by atomic mass is 79.9. The van der Waals surface area contributed by atoms with Crippen molar-refractivity contribution in [2.45, 2.75) is 6.10 Å². The fourth-order valence-electron chi connectivity index (χ4n) is 1.38. The molecule has 1 aromatic heterocycles. The lowest BCUT2D eigenvalue weighted by atomic mass is 10.1. The van der Waals surface area contributed by atoms with E-state index in [9.17, 15) is 18.3 Å². The van der Waals surface area contributed by atoms with Gasteiger partial charge < -0.3 is 9.52 Å². The molecule has 1 unspecified atom stereocenters. The Morgan fingerprint density at radius 2 is 1.76 bits per heavy atom. The van der Waals surface area contributed by atoms with E-state index in [0.29, 0.717) is 4.67 Å². The van der Waals surface area contributed by atoms with Crippen molar-refractivity contribution in [3.05, 3.63) is 57.7 Å². The van der Waals surface area contributed by atoms with Gasteiger partial charge in [-0.1, -0.05) is 0 Å². The molecule has 2 rings (SSSR count). The summed E-state index contributed by atoms with van der Waals surface area (Å²) in [7, 11) is 0. The number of benzene rings is 1. The summed E-state index contributed by atoms with van der Waals surface area (Å²) in [5.41, 5.74) is -0.384. The third-order valence-electron chi connectivity index (χ3n) is 2.22. The first-order valence-electron chi connectivity index (χ1n) is 4.57. The minimum Gasteiger partial charge on any atom is -0.451 e. The first kappa shape index (κ1) is 12.2. The molecule has 0 amide bonds. The van der Waals surface area contributed by atoms with Crippen molar-refractivity contribution in [2.24, 2.45) is 0 Å². The molecule has 2 nitrogen and oxygen atoms in total. The van der Waals surface area contributed by atoms with E-state index in [4.69, 9.17) is 4.42 Å². The van der Waals surface area contributed by atoms with Crippen LogP contribution in [0.4, 0.5) is 13.2 Å². The van der Waals surface area contributed by atoms with Crippen LogP contribution in [0.5, 0.6) is 0 Å². The van der Waals surface area contributed by atoms with Gasteiger partial charge in [-0.05, 0) is 40.2 Å². The van der Waals surface area contributed by atoms with Crippen molar-refractivity contribution < 1.29 is 22.7 Å². The molecule has 0 bridgehead atoms. The molecule has 1 atom stereocenters. The highest BCUT2D eigenvalue weighted by molar-refractivity contribution is 9.10. The van der Waals surface area contributed by atoms with Crippen LogP contribution in [0, 0.1) is 17.5 Å². The van der Waals surface area contributed by atoms with E-state index in [1.54, 1.807) is 0 Å². The number of aliphatic hydroxyl groups excluding tert-OH is 1. The van der Waals surface area contributed by atoms with Gasteiger partial charge in [-0.3, -0.25) is 0 Å². The smallest absolute Gasteiger partial charge is 0.194 e. The van der Waals surface area contributed by atoms with Gasteiger partial charge in [0.25, 0.3) is 0 Å². The molecule has 1 N–H and O–H groups in total. The average molecular weight is 307 g/mol. The van der Waals surface area contributed by atoms with Gasteiger partial charge in [0.2, 0.25) is 0 Å². The third-order valence-corrected chi connectivity index (χ3v) is 2.65. The van der Waals surface area contributed by atoms with Gasteiger partial charge in [-0.2, -0.15) is 0 Å². The van der Waals surface area contributed by atoms with E-state index in [2.05, 4.69) is 15.9 Å². The number of hydrogen-bond acceptors (Lipinski definition) is 2. The summed E-state index contributed by atoms with van der Waals surface area (Å²) in [5, 5.41) is 9.76. The van der Waals surface area contributed by atoms with Gasteiger partial charge in [-0.25, -0.2) is 13.2 Å². The molecule has 90 valence electrons. The van der Waals surface area contributed by atoms with Gasteiger partial charge in [-0.15, -0.1) is 0 Å². The van der Waals surface area contributed by atoms with Gasteiger partial charge in [0.1, 0.15) is 11.9 Å². The van der Waals surface area contributed by atoms with Gasteiger partial charge >= 0.3 is 0 Å². The largest absolute Gasteiger partial charge is 0.451 e. The molecule has 17 heavy (non-hydrogen) atoms. The number of halogens is 4. The minimum absolute atomic E-state index is 0.0294. The minimum atomic E-state index is -1.62. The zero-order valence-corrected chi connectivity index (χ0v) is 9.84. The number of furan rings is 1. The molecule has 0 radical (unpaired) electrons. The Hall–Kier alpha value is -1.27. The summed E-state index contributed by atoms with van der Waals surface area (Å²) >= 11 is 3.01. The monoisotopic (exact) mass is 306 g/mol. The van der Waals surface area contributed by atoms with Crippen LogP contribution in [-0.4, -0.2) is 5.11 Å². The highest BCUT2D eigenvalue weighted by Gasteiger charge is 2.22. The fourth-order valence-corrected chi connectivity index (χ4v) is 1.70. The summed E-state index contributed by atoms with van der Waals surface area (Å²) in [6, 6.07) is 4.61. The molecule has 6 heteroatoms. The Morgan fingerprint density at radius 1 is 1.06 bits per heavy atom. The molecule has 0 saturated carbocycles. The van der Waals surface area contributed by atoms with Crippen LogP contribution < -0.4 is 0 Å². The van der Waals surface area contributed by atoms with Crippen LogP contribution in [0.15, 0.2) is 33.4 Å². The lowest BCUT2D eigenvalue weighted by Crippen LogP contribution is -2.04. The maximum Gasteiger partial charge on any atom is 0.194 e. The molecule has 1 aromatic carbocycles. The predicted molar refractivity (Wildman–Crippen MR) is 56.8 cm³/mol. The van der Waals surface area contributed by atoms with Gasteiger partial charge in [0, 0.05) is 5.56 Å². The normalized spacial score (nSPS) is 12.8. The second kappa shape index (κ2) is 4.54. The molecular formula is C11H6BrF3O2. The summed E-state index contributed by atoms with van der Waals surface area (Å²) in [4.78, 5) is 0. The second-order valence-corrected chi connectivity index (χ2v) is 4.09. The molecule has 0 aliphatic heterocycles. The Morgan fingerprint density at radius 3 is 2.35 bits per heavy atom. The maximum absolute atomic E-state index is 13.4. The number of hydrogen-bond donors (Lipinski definition) is 1. The average Bonchev–Trinajstić information content (AvgIpc) is 2.72. The van der Waals surface area contributed by atoms with Crippen LogP contribution in [-0.2, 0) is 0 Å². The van der Waals surface area contributed by atoms with Crippen LogP contribution >= 0.6 is 15.9 Å². The van der Waals surface area contributed by atoms with Crippen LogP contribution in [0.25, 0.3) is 0 Å². The zero-order chi connectivity index (χ0) is 12.6. The fraction of sp³-hybridized carbons (Fsp3) is 0.0909. The quantitative estimate of drug-likeness (QED) is 0.861. The molecule has 0 aliphatic carbocycles. The van der Waals surface area contributed by atoms with Gasteiger partial charge in [0.05, 0.1) is 0 Å². The van der Waals surface area contributed by atoms with Crippen molar-refractivity contribution in [1.29, 1.82) is 0 Å². The van der Waals surface area contributed by atoms with Crippen molar-refractivity contribution in [1.82, 2.24) is 0 Å². The first-order chi connectivity index (χ1) is 8.00. The van der Waals surface area contributed by atoms with E-state index in [-0.39, 0.29) is 11.3 Å².